The van der Waals surface area contributed by atoms with E-state index in [1.165, 1.54) is 42.7 Å². The summed E-state index contributed by atoms with van der Waals surface area (Å²) in [5.74, 6) is 0.447. The number of fused-ring (bicyclic) bond motifs is 1. The van der Waals surface area contributed by atoms with E-state index in [1.807, 2.05) is 0 Å². The molecule has 3 rings (SSSR count). The van der Waals surface area contributed by atoms with Gasteiger partial charge in [-0.3, -0.25) is 15.6 Å². The van der Waals surface area contributed by atoms with Crippen molar-refractivity contribution in [1.29, 1.82) is 0 Å². The lowest BCUT2D eigenvalue weighted by Gasteiger charge is -2.06. The lowest BCUT2D eigenvalue weighted by atomic mass is 10.1. The van der Waals surface area contributed by atoms with Gasteiger partial charge in [0.1, 0.15) is 21.7 Å². The molecule has 8 nitrogen and oxygen atoms in total. The second kappa shape index (κ2) is 7.92. The summed E-state index contributed by atoms with van der Waals surface area (Å²) in [4.78, 5) is 28.1. The van der Waals surface area contributed by atoms with Gasteiger partial charge in [-0.25, -0.2) is 9.78 Å². The number of thiazole rings is 1. The normalized spacial score (nSPS) is 10.3. The molecule has 0 saturated heterocycles. The minimum atomic E-state index is -0.461. The second-order valence-corrected chi connectivity index (χ2v) is 6.31. The SMILES string of the molecule is COC(=O)c1ccc(C(=O)NNc2nc3c(OC)ccc(OC)c3s2)cc1. The molecule has 1 amide bonds. The van der Waals surface area contributed by atoms with Gasteiger partial charge in [-0.2, -0.15) is 0 Å². The van der Waals surface area contributed by atoms with Gasteiger partial charge in [0.25, 0.3) is 5.91 Å². The number of ether oxygens (including phenoxy) is 3. The maximum absolute atomic E-state index is 12.3. The van der Waals surface area contributed by atoms with Gasteiger partial charge >= 0.3 is 5.97 Å². The Morgan fingerprint density at radius 1 is 0.926 bits per heavy atom. The molecule has 0 bridgehead atoms. The van der Waals surface area contributed by atoms with Crippen molar-refractivity contribution in [1.82, 2.24) is 10.4 Å². The zero-order chi connectivity index (χ0) is 19.4. The molecule has 0 spiro atoms. The van der Waals surface area contributed by atoms with Crippen molar-refractivity contribution in [2.75, 3.05) is 26.8 Å². The van der Waals surface area contributed by atoms with Crippen LogP contribution in [0.5, 0.6) is 11.5 Å². The molecule has 0 aliphatic carbocycles. The van der Waals surface area contributed by atoms with Crippen LogP contribution in [0.25, 0.3) is 10.2 Å². The number of hydrogen-bond acceptors (Lipinski definition) is 8. The van der Waals surface area contributed by atoms with E-state index in [4.69, 9.17) is 9.47 Å². The number of rotatable bonds is 6. The zero-order valence-electron chi connectivity index (χ0n) is 14.9. The summed E-state index contributed by atoms with van der Waals surface area (Å²) in [5, 5.41) is 0.479. The van der Waals surface area contributed by atoms with E-state index in [0.29, 0.717) is 33.3 Å². The van der Waals surface area contributed by atoms with Crippen LogP contribution in [0.1, 0.15) is 20.7 Å². The fourth-order valence-corrected chi connectivity index (χ4v) is 3.32. The molecule has 0 atom stereocenters. The first-order chi connectivity index (χ1) is 13.1. The van der Waals surface area contributed by atoms with Gasteiger partial charge in [-0.1, -0.05) is 11.3 Å². The number of hydrazine groups is 1. The van der Waals surface area contributed by atoms with Gasteiger partial charge in [-0.05, 0) is 36.4 Å². The van der Waals surface area contributed by atoms with Crippen LogP contribution in [-0.2, 0) is 4.74 Å². The van der Waals surface area contributed by atoms with Crippen LogP contribution in [0.2, 0.25) is 0 Å². The molecule has 0 radical (unpaired) electrons. The van der Waals surface area contributed by atoms with Gasteiger partial charge in [0, 0.05) is 5.56 Å². The van der Waals surface area contributed by atoms with E-state index in [9.17, 15) is 9.59 Å². The summed E-state index contributed by atoms with van der Waals surface area (Å²) in [6.45, 7) is 0. The zero-order valence-corrected chi connectivity index (χ0v) is 15.7. The van der Waals surface area contributed by atoms with Crippen LogP contribution in [0.3, 0.4) is 0 Å². The van der Waals surface area contributed by atoms with E-state index in [2.05, 4.69) is 20.6 Å². The smallest absolute Gasteiger partial charge is 0.337 e. The Morgan fingerprint density at radius 2 is 1.56 bits per heavy atom. The first-order valence-corrected chi connectivity index (χ1v) is 8.65. The monoisotopic (exact) mass is 387 g/mol. The predicted molar refractivity (Wildman–Crippen MR) is 102 cm³/mol. The lowest BCUT2D eigenvalue weighted by molar-refractivity contribution is 0.0600. The molecule has 0 fully saturated rings. The van der Waals surface area contributed by atoms with Crippen molar-refractivity contribution in [3.05, 3.63) is 47.5 Å². The highest BCUT2D eigenvalue weighted by Gasteiger charge is 2.14. The summed E-state index contributed by atoms with van der Waals surface area (Å²) < 4.78 is 16.1. The average Bonchev–Trinajstić information content (AvgIpc) is 3.15. The summed E-state index contributed by atoms with van der Waals surface area (Å²) in [6, 6.07) is 9.68. The fraction of sp³-hybridized carbons (Fsp3) is 0.167. The van der Waals surface area contributed by atoms with Crippen molar-refractivity contribution >= 4 is 38.6 Å². The molecule has 0 saturated carbocycles. The van der Waals surface area contributed by atoms with Crippen molar-refractivity contribution in [3.8, 4) is 11.5 Å². The number of aromatic nitrogens is 1. The van der Waals surface area contributed by atoms with Gasteiger partial charge in [0.15, 0.2) is 0 Å². The topological polar surface area (TPSA) is 98.8 Å². The number of carbonyl (C=O) groups excluding carboxylic acids is 2. The third kappa shape index (κ3) is 3.77. The van der Waals surface area contributed by atoms with Crippen molar-refractivity contribution in [2.45, 2.75) is 0 Å². The van der Waals surface area contributed by atoms with Gasteiger partial charge < -0.3 is 14.2 Å². The molecule has 1 aromatic heterocycles. The van der Waals surface area contributed by atoms with Crippen LogP contribution < -0.4 is 20.3 Å². The molecule has 0 aliphatic rings. The van der Waals surface area contributed by atoms with Gasteiger partial charge in [0.05, 0.1) is 26.9 Å². The fourth-order valence-electron chi connectivity index (χ4n) is 2.40. The predicted octanol–water partition coefficient (Wildman–Crippen LogP) is 2.86. The van der Waals surface area contributed by atoms with E-state index in [-0.39, 0.29) is 5.91 Å². The molecule has 3 aromatic rings. The first kappa shape index (κ1) is 18.5. The molecule has 27 heavy (non-hydrogen) atoms. The molecule has 140 valence electrons. The van der Waals surface area contributed by atoms with Crippen molar-refractivity contribution in [2.24, 2.45) is 0 Å². The summed E-state index contributed by atoms with van der Waals surface area (Å²) in [6.07, 6.45) is 0. The van der Waals surface area contributed by atoms with E-state index in [0.717, 1.165) is 4.70 Å². The average molecular weight is 387 g/mol. The molecular formula is C18H17N3O5S. The summed E-state index contributed by atoms with van der Waals surface area (Å²) in [7, 11) is 4.44. The maximum atomic E-state index is 12.3. The molecule has 9 heteroatoms. The Hall–Kier alpha value is -3.33. The largest absolute Gasteiger partial charge is 0.495 e. The van der Waals surface area contributed by atoms with Crippen LogP contribution in [0.15, 0.2) is 36.4 Å². The number of methoxy groups -OCH3 is 3. The molecular weight excluding hydrogens is 370 g/mol. The number of amides is 1. The van der Waals surface area contributed by atoms with Gasteiger partial charge in [0.2, 0.25) is 5.13 Å². The third-order valence-corrected chi connectivity index (χ3v) is 4.75. The first-order valence-electron chi connectivity index (χ1n) is 7.83. The number of esters is 1. The Morgan fingerprint density at radius 3 is 2.19 bits per heavy atom. The van der Waals surface area contributed by atoms with Crippen LogP contribution in [-0.4, -0.2) is 38.2 Å². The highest BCUT2D eigenvalue weighted by atomic mass is 32.1. The number of hydrogen-bond donors (Lipinski definition) is 2. The number of benzene rings is 2. The number of nitrogens with one attached hydrogen (secondary N) is 2. The number of nitrogens with zero attached hydrogens (tertiary/aromatic N) is 1. The highest BCUT2D eigenvalue weighted by molar-refractivity contribution is 7.22. The highest BCUT2D eigenvalue weighted by Crippen LogP contribution is 2.38. The number of anilines is 1. The molecule has 0 aliphatic heterocycles. The Balaban J connectivity index is 1.74. The Labute approximate surface area is 159 Å². The van der Waals surface area contributed by atoms with E-state index in [1.54, 1.807) is 26.4 Å². The lowest BCUT2D eigenvalue weighted by Crippen LogP contribution is -2.29. The molecule has 2 aromatic carbocycles. The summed E-state index contributed by atoms with van der Waals surface area (Å²) in [5.41, 5.74) is 6.75. The van der Waals surface area contributed by atoms with E-state index >= 15 is 0 Å². The van der Waals surface area contributed by atoms with Crippen molar-refractivity contribution < 1.29 is 23.8 Å². The van der Waals surface area contributed by atoms with E-state index < -0.39 is 5.97 Å². The molecule has 0 unspecified atom stereocenters. The maximum Gasteiger partial charge on any atom is 0.337 e. The quantitative estimate of drug-likeness (QED) is 0.496. The standard InChI is InChI=1S/C18H17N3O5S/c1-24-12-8-9-13(25-2)15-14(12)19-18(27-15)21-20-16(22)10-4-6-11(7-5-10)17(23)26-3/h4-9H,1-3H3,(H,19,21)(H,20,22). The molecule has 2 N–H and O–H groups in total. The summed E-state index contributed by atoms with van der Waals surface area (Å²) >= 11 is 1.32. The van der Waals surface area contributed by atoms with Crippen LogP contribution in [0, 0.1) is 0 Å². The third-order valence-electron chi connectivity index (χ3n) is 3.76. The van der Waals surface area contributed by atoms with Crippen LogP contribution in [0.4, 0.5) is 5.13 Å². The second-order valence-electron chi connectivity index (χ2n) is 5.31. The minimum absolute atomic E-state index is 0.368. The van der Waals surface area contributed by atoms with Gasteiger partial charge in [-0.15, -0.1) is 0 Å². The minimum Gasteiger partial charge on any atom is -0.495 e. The molecule has 1 heterocycles. The number of carbonyl (C=O) groups is 2. The Kier molecular flexibility index (Phi) is 5.41. The van der Waals surface area contributed by atoms with Crippen LogP contribution >= 0.6 is 11.3 Å². The van der Waals surface area contributed by atoms with Crippen molar-refractivity contribution in [3.63, 3.8) is 0 Å². The Bertz CT molecular complexity index is 944.